The average Bonchev–Trinajstić information content (AvgIpc) is 1.83. The summed E-state index contributed by atoms with van der Waals surface area (Å²) in [5, 5.41) is 8.11. The Morgan fingerprint density at radius 1 is 1.78 bits per heavy atom. The lowest BCUT2D eigenvalue weighted by Gasteiger charge is -1.99. The van der Waals surface area contributed by atoms with Crippen molar-refractivity contribution >= 4 is 5.97 Å². The molecule has 0 aromatic heterocycles. The minimum Gasteiger partial charge on any atom is -0.487 e. The van der Waals surface area contributed by atoms with Crippen LogP contribution in [-0.4, -0.2) is 17.7 Å². The number of aliphatic carboxylic acids is 1. The number of carboxylic acid groups (broad SMARTS) is 1. The van der Waals surface area contributed by atoms with Crippen LogP contribution in [-0.2, 0) is 9.53 Å². The van der Waals surface area contributed by atoms with Crippen LogP contribution >= 0.6 is 0 Å². The maximum absolute atomic E-state index is 9.87. The van der Waals surface area contributed by atoms with E-state index in [4.69, 9.17) is 9.84 Å². The summed E-state index contributed by atoms with van der Waals surface area (Å²) in [6.45, 7) is 3.25. The van der Waals surface area contributed by atoms with Gasteiger partial charge >= 0.3 is 5.97 Å². The van der Waals surface area contributed by atoms with Gasteiger partial charge in [0.25, 0.3) is 0 Å². The fraction of sp³-hybridized carbons (Fsp3) is 0.500. The van der Waals surface area contributed by atoms with E-state index in [1.807, 2.05) is 0 Å². The largest absolute Gasteiger partial charge is 0.487 e. The molecular formula is C6H10O3. The molecule has 0 amide bonds. The zero-order chi connectivity index (χ0) is 7.28. The Labute approximate surface area is 53.9 Å². The second kappa shape index (κ2) is 3.95. The summed E-state index contributed by atoms with van der Waals surface area (Å²) >= 11 is 0. The van der Waals surface area contributed by atoms with Crippen LogP contribution in [0.3, 0.4) is 0 Å². The van der Waals surface area contributed by atoms with E-state index in [0.717, 1.165) is 0 Å². The van der Waals surface area contributed by atoms with Gasteiger partial charge in [0.15, 0.2) is 6.61 Å². The molecular weight excluding hydrogens is 120 g/mol. The fourth-order valence-electron chi connectivity index (χ4n) is 0.259. The van der Waals surface area contributed by atoms with Crippen LogP contribution in [0.4, 0.5) is 0 Å². The smallest absolute Gasteiger partial charge is 0.341 e. The molecule has 0 saturated carbocycles. The first-order chi connectivity index (χ1) is 4.16. The third kappa shape index (κ3) is 4.87. The number of hydrogen-bond acceptors (Lipinski definition) is 2. The van der Waals surface area contributed by atoms with Gasteiger partial charge in [-0.15, -0.1) is 0 Å². The van der Waals surface area contributed by atoms with Crippen molar-refractivity contribution in [1.82, 2.24) is 0 Å². The molecule has 0 aromatic carbocycles. The van der Waals surface area contributed by atoms with Gasteiger partial charge in [-0.1, -0.05) is 0 Å². The Morgan fingerprint density at radius 3 is 2.67 bits per heavy atom. The summed E-state index contributed by atoms with van der Waals surface area (Å²) in [4.78, 5) is 9.87. The Bertz CT molecular complexity index is 126. The van der Waals surface area contributed by atoms with Crippen molar-refractivity contribution < 1.29 is 14.6 Å². The quantitative estimate of drug-likeness (QED) is 0.580. The van der Waals surface area contributed by atoms with Crippen molar-refractivity contribution in [3.05, 3.63) is 11.8 Å². The van der Waals surface area contributed by atoms with E-state index in [1.165, 1.54) is 0 Å². The van der Waals surface area contributed by atoms with E-state index < -0.39 is 5.97 Å². The minimum absolute atomic E-state index is 0.254. The second-order valence-electron chi connectivity index (χ2n) is 1.58. The van der Waals surface area contributed by atoms with Crippen LogP contribution < -0.4 is 0 Å². The van der Waals surface area contributed by atoms with Crippen LogP contribution in [0.2, 0.25) is 0 Å². The maximum atomic E-state index is 9.87. The summed E-state index contributed by atoms with van der Waals surface area (Å²) in [5.74, 6) is -0.311. The molecule has 9 heavy (non-hydrogen) atoms. The molecule has 0 atom stereocenters. The van der Waals surface area contributed by atoms with E-state index in [9.17, 15) is 4.79 Å². The predicted octanol–water partition coefficient (Wildman–Crippen LogP) is 1.01. The van der Waals surface area contributed by atoms with E-state index in [-0.39, 0.29) is 6.61 Å². The normalized spacial score (nSPS) is 11.1. The average molecular weight is 130 g/mol. The highest BCUT2D eigenvalue weighted by molar-refractivity contribution is 5.68. The number of carbonyl (C=O) groups is 1. The van der Waals surface area contributed by atoms with Gasteiger partial charge in [-0.2, -0.15) is 0 Å². The molecule has 0 bridgehead atoms. The van der Waals surface area contributed by atoms with E-state index in [1.54, 1.807) is 19.9 Å². The van der Waals surface area contributed by atoms with Gasteiger partial charge in [0.1, 0.15) is 0 Å². The topological polar surface area (TPSA) is 46.5 Å². The highest BCUT2D eigenvalue weighted by atomic mass is 16.5. The highest BCUT2D eigenvalue weighted by Crippen LogP contribution is 1.92. The van der Waals surface area contributed by atoms with Crippen molar-refractivity contribution in [3.8, 4) is 0 Å². The lowest BCUT2D eigenvalue weighted by atomic mass is 10.5. The molecule has 0 aliphatic heterocycles. The molecule has 3 nitrogen and oxygen atoms in total. The van der Waals surface area contributed by atoms with Crippen molar-refractivity contribution in [2.75, 3.05) is 6.61 Å². The molecule has 0 aliphatic carbocycles. The van der Waals surface area contributed by atoms with Gasteiger partial charge in [0.05, 0.1) is 5.76 Å². The van der Waals surface area contributed by atoms with Gasteiger partial charge in [-0.3, -0.25) is 0 Å². The fourth-order valence-corrected chi connectivity index (χ4v) is 0.259. The van der Waals surface area contributed by atoms with Crippen LogP contribution in [0, 0.1) is 0 Å². The molecule has 0 aliphatic rings. The van der Waals surface area contributed by atoms with Crippen molar-refractivity contribution in [2.24, 2.45) is 0 Å². The standard InChI is InChI=1S/C6H10O3/c1-3-5(2)9-4-6(7)8/h3H,4H2,1-2H3,(H,7,8)/b5-3+. The van der Waals surface area contributed by atoms with E-state index in [0.29, 0.717) is 5.76 Å². The van der Waals surface area contributed by atoms with Crippen LogP contribution in [0.15, 0.2) is 11.8 Å². The van der Waals surface area contributed by atoms with Gasteiger partial charge in [0.2, 0.25) is 0 Å². The predicted molar refractivity (Wildman–Crippen MR) is 33.0 cm³/mol. The summed E-state index contributed by atoms with van der Waals surface area (Å²) in [7, 11) is 0. The molecule has 52 valence electrons. The molecule has 1 N–H and O–H groups in total. The van der Waals surface area contributed by atoms with E-state index in [2.05, 4.69) is 0 Å². The zero-order valence-electron chi connectivity index (χ0n) is 5.55. The third-order valence-corrected chi connectivity index (χ3v) is 0.830. The minimum atomic E-state index is -0.948. The van der Waals surface area contributed by atoms with Crippen molar-refractivity contribution in [1.29, 1.82) is 0 Å². The number of rotatable bonds is 3. The summed E-state index contributed by atoms with van der Waals surface area (Å²) in [6.07, 6.45) is 1.71. The SMILES string of the molecule is C/C=C(\C)OCC(=O)O. The van der Waals surface area contributed by atoms with Crippen LogP contribution in [0.25, 0.3) is 0 Å². The first kappa shape index (κ1) is 8.01. The summed E-state index contributed by atoms with van der Waals surface area (Å²) in [5.41, 5.74) is 0. The Balaban J connectivity index is 3.39. The van der Waals surface area contributed by atoms with E-state index >= 15 is 0 Å². The molecule has 0 aromatic rings. The molecule has 0 rings (SSSR count). The summed E-state index contributed by atoms with van der Waals surface area (Å²) in [6, 6.07) is 0. The number of carboxylic acids is 1. The zero-order valence-corrected chi connectivity index (χ0v) is 5.55. The van der Waals surface area contributed by atoms with Crippen molar-refractivity contribution in [2.45, 2.75) is 13.8 Å². The molecule has 0 heterocycles. The molecule has 0 unspecified atom stereocenters. The molecule has 3 heteroatoms. The first-order valence-electron chi connectivity index (χ1n) is 2.64. The maximum Gasteiger partial charge on any atom is 0.341 e. The van der Waals surface area contributed by atoms with Gasteiger partial charge in [-0.25, -0.2) is 4.79 Å². The first-order valence-corrected chi connectivity index (χ1v) is 2.64. The lowest BCUT2D eigenvalue weighted by Crippen LogP contribution is -2.05. The summed E-state index contributed by atoms with van der Waals surface area (Å²) < 4.78 is 4.71. The number of allylic oxidation sites excluding steroid dienone is 2. The Morgan fingerprint density at radius 2 is 2.33 bits per heavy atom. The molecule has 0 saturated heterocycles. The number of hydrogen-bond donors (Lipinski definition) is 1. The third-order valence-electron chi connectivity index (χ3n) is 0.830. The molecule has 0 radical (unpaired) electrons. The highest BCUT2D eigenvalue weighted by Gasteiger charge is 1.94. The van der Waals surface area contributed by atoms with Crippen LogP contribution in [0.5, 0.6) is 0 Å². The Hall–Kier alpha value is -0.990. The second-order valence-corrected chi connectivity index (χ2v) is 1.58. The Kier molecular flexibility index (Phi) is 3.51. The lowest BCUT2D eigenvalue weighted by molar-refractivity contribution is -0.140. The molecule has 0 spiro atoms. The monoisotopic (exact) mass is 130 g/mol. The van der Waals surface area contributed by atoms with Crippen LogP contribution in [0.1, 0.15) is 13.8 Å². The number of ether oxygens (including phenoxy) is 1. The van der Waals surface area contributed by atoms with Crippen molar-refractivity contribution in [3.63, 3.8) is 0 Å². The van der Waals surface area contributed by atoms with Gasteiger partial charge in [-0.05, 0) is 19.9 Å². The van der Waals surface area contributed by atoms with Gasteiger partial charge < -0.3 is 9.84 Å². The molecule has 0 fully saturated rings. The van der Waals surface area contributed by atoms with Gasteiger partial charge in [0, 0.05) is 0 Å².